The number of hydrogen-bond donors (Lipinski definition) is 0. The highest BCUT2D eigenvalue weighted by Crippen LogP contribution is 2.56. The van der Waals surface area contributed by atoms with Crippen LogP contribution in [0.25, 0.3) is 5.57 Å². The summed E-state index contributed by atoms with van der Waals surface area (Å²) in [4.78, 5) is 0. The molecule has 0 spiro atoms. The molecule has 3 aromatic rings. The number of hydrogen-bond acceptors (Lipinski definition) is 0. The molecule has 1 aliphatic rings. The average molecular weight is 348 g/mol. The van der Waals surface area contributed by atoms with E-state index < -0.39 is 0 Å². The van der Waals surface area contributed by atoms with Crippen LogP contribution in [0.1, 0.15) is 34.7 Å². The Morgan fingerprint density at radius 3 is 2.07 bits per heavy atom. The highest BCUT2D eigenvalue weighted by Gasteiger charge is 2.47. The summed E-state index contributed by atoms with van der Waals surface area (Å²) >= 11 is 0. The van der Waals surface area contributed by atoms with Crippen molar-refractivity contribution in [3.05, 3.63) is 137 Å². The van der Waals surface area contributed by atoms with Crippen molar-refractivity contribution in [1.82, 2.24) is 0 Å². The van der Waals surface area contributed by atoms with E-state index in [9.17, 15) is 0 Å². The second kappa shape index (κ2) is 6.89. The van der Waals surface area contributed by atoms with Crippen LogP contribution in [-0.4, -0.2) is 0 Å². The fourth-order valence-electron chi connectivity index (χ4n) is 4.49. The lowest BCUT2D eigenvalue weighted by Gasteiger charge is -2.34. The Hall–Kier alpha value is -3.12. The summed E-state index contributed by atoms with van der Waals surface area (Å²) in [5, 5.41) is 0. The molecule has 0 nitrogen and oxygen atoms in total. The molecule has 0 aromatic heterocycles. The summed E-state index contributed by atoms with van der Waals surface area (Å²) in [5.74, 6) is 0. The maximum atomic E-state index is 3.97. The van der Waals surface area contributed by atoms with E-state index in [0.29, 0.717) is 0 Å². The maximum Gasteiger partial charge on any atom is 0.0710 e. The van der Waals surface area contributed by atoms with Crippen molar-refractivity contribution in [1.29, 1.82) is 0 Å². The monoisotopic (exact) mass is 348 g/mol. The predicted molar refractivity (Wildman–Crippen MR) is 116 cm³/mol. The van der Waals surface area contributed by atoms with Crippen molar-refractivity contribution in [3.8, 4) is 0 Å². The van der Waals surface area contributed by atoms with E-state index in [-0.39, 0.29) is 5.41 Å². The fourth-order valence-corrected chi connectivity index (χ4v) is 4.49. The number of fused-ring (bicyclic) bond motifs is 1. The predicted octanol–water partition coefficient (Wildman–Crippen LogP) is 6.86. The zero-order chi connectivity index (χ0) is 18.9. The summed E-state index contributed by atoms with van der Waals surface area (Å²) in [6.45, 7) is 8.25. The second-order valence-corrected chi connectivity index (χ2v) is 7.05. The molecule has 0 fully saturated rings. The first-order chi connectivity index (χ1) is 13.2. The van der Waals surface area contributed by atoms with Gasteiger partial charge in [0.05, 0.1) is 5.41 Å². The molecule has 0 amide bonds. The zero-order valence-corrected chi connectivity index (χ0v) is 15.9. The largest absolute Gasteiger partial charge is 0.0990 e. The summed E-state index contributed by atoms with van der Waals surface area (Å²) < 4.78 is 0. The molecule has 3 aromatic carbocycles. The Labute approximate surface area is 162 Å². The Morgan fingerprint density at radius 2 is 1.41 bits per heavy atom. The molecule has 0 saturated heterocycles. The van der Waals surface area contributed by atoms with Crippen molar-refractivity contribution in [2.24, 2.45) is 0 Å². The Kier molecular flexibility index (Phi) is 4.41. The van der Waals surface area contributed by atoms with Crippen LogP contribution in [0.3, 0.4) is 0 Å². The molecule has 0 heterocycles. The molecule has 0 saturated carbocycles. The Morgan fingerprint density at radius 1 is 0.778 bits per heavy atom. The van der Waals surface area contributed by atoms with Crippen LogP contribution in [0.4, 0.5) is 0 Å². The molecule has 1 unspecified atom stereocenters. The first-order valence-corrected chi connectivity index (χ1v) is 9.46. The molecule has 0 N–H and O–H groups in total. The van der Waals surface area contributed by atoms with Gasteiger partial charge in [-0.2, -0.15) is 0 Å². The summed E-state index contributed by atoms with van der Waals surface area (Å²) in [7, 11) is 0. The van der Waals surface area contributed by atoms with Gasteiger partial charge in [0.2, 0.25) is 0 Å². The number of benzene rings is 3. The lowest BCUT2D eigenvalue weighted by atomic mass is 9.67. The first kappa shape index (κ1) is 17.3. The van der Waals surface area contributed by atoms with Gasteiger partial charge in [0.25, 0.3) is 0 Å². The van der Waals surface area contributed by atoms with Crippen LogP contribution in [0.2, 0.25) is 0 Å². The summed E-state index contributed by atoms with van der Waals surface area (Å²) in [6, 6.07) is 28.6. The smallest absolute Gasteiger partial charge is 0.0710 e. The van der Waals surface area contributed by atoms with Crippen molar-refractivity contribution < 1.29 is 0 Å². The van der Waals surface area contributed by atoms with E-state index >= 15 is 0 Å². The molecule has 1 aliphatic carbocycles. The Balaban J connectivity index is 2.17. The van der Waals surface area contributed by atoms with Crippen LogP contribution in [0.15, 0.2) is 109 Å². The van der Waals surface area contributed by atoms with Gasteiger partial charge >= 0.3 is 0 Å². The van der Waals surface area contributed by atoms with Crippen molar-refractivity contribution in [2.75, 3.05) is 0 Å². The summed E-state index contributed by atoms with van der Waals surface area (Å²) in [6.07, 6.45) is 6.31. The molecule has 0 heteroatoms. The van der Waals surface area contributed by atoms with Gasteiger partial charge in [-0.15, -0.1) is 0 Å². The van der Waals surface area contributed by atoms with E-state index in [1.54, 1.807) is 0 Å². The van der Waals surface area contributed by atoms with Gasteiger partial charge < -0.3 is 0 Å². The molecule has 0 bridgehead atoms. The minimum Gasteiger partial charge on any atom is -0.0990 e. The molecule has 4 rings (SSSR count). The standard InChI is InChI=1S/C27H24/c1-4-11-23-24-14-9-10-15-26(24)27(25(23)5-2,21-12-7-6-8-13-21)22-18-16-20(3)17-19-22/h4-19H,1H2,2-3H3/b23-11-,25-5+. The second-order valence-electron chi connectivity index (χ2n) is 7.05. The average Bonchev–Trinajstić information content (AvgIpc) is 3.00. The van der Waals surface area contributed by atoms with Gasteiger partial charge in [-0.25, -0.2) is 0 Å². The molecule has 0 aliphatic heterocycles. The van der Waals surface area contributed by atoms with Crippen LogP contribution in [0, 0.1) is 6.92 Å². The number of rotatable bonds is 3. The first-order valence-electron chi connectivity index (χ1n) is 9.46. The van der Waals surface area contributed by atoms with E-state index in [1.165, 1.54) is 39.0 Å². The van der Waals surface area contributed by atoms with Gasteiger partial charge in [0.1, 0.15) is 0 Å². The quantitative estimate of drug-likeness (QED) is 0.485. The van der Waals surface area contributed by atoms with E-state index in [2.05, 4.69) is 111 Å². The summed E-state index contributed by atoms with van der Waals surface area (Å²) in [5.41, 5.74) is 8.75. The lowest BCUT2D eigenvalue weighted by Crippen LogP contribution is -2.28. The maximum absolute atomic E-state index is 3.97. The minimum atomic E-state index is -0.310. The van der Waals surface area contributed by atoms with E-state index in [4.69, 9.17) is 0 Å². The highest BCUT2D eigenvalue weighted by molar-refractivity contribution is 5.94. The van der Waals surface area contributed by atoms with E-state index in [1.807, 2.05) is 6.08 Å². The molecule has 0 radical (unpaired) electrons. The lowest BCUT2D eigenvalue weighted by molar-refractivity contribution is 0.767. The zero-order valence-electron chi connectivity index (χ0n) is 15.9. The van der Waals surface area contributed by atoms with Crippen LogP contribution in [0.5, 0.6) is 0 Å². The molecule has 27 heavy (non-hydrogen) atoms. The van der Waals surface area contributed by atoms with Crippen molar-refractivity contribution in [2.45, 2.75) is 19.3 Å². The van der Waals surface area contributed by atoms with E-state index in [0.717, 1.165) is 0 Å². The molecule has 132 valence electrons. The van der Waals surface area contributed by atoms with Crippen LogP contribution >= 0.6 is 0 Å². The van der Waals surface area contributed by atoms with Gasteiger partial charge in [-0.05, 0) is 47.2 Å². The third-order valence-corrected chi connectivity index (χ3v) is 5.58. The van der Waals surface area contributed by atoms with Crippen LogP contribution in [-0.2, 0) is 5.41 Å². The molecular formula is C27H24. The van der Waals surface area contributed by atoms with Gasteiger partial charge in [0.15, 0.2) is 0 Å². The topological polar surface area (TPSA) is 0 Å². The third kappa shape index (κ3) is 2.52. The minimum absolute atomic E-state index is 0.310. The normalized spacial score (nSPS) is 21.4. The molecular weight excluding hydrogens is 324 g/mol. The SMILES string of the molecule is C=C/C=C1\C(=C/C)C(c2ccccc2)(c2ccc(C)cc2)c2ccccc21. The Bertz CT molecular complexity index is 1030. The number of aryl methyl sites for hydroxylation is 1. The molecule has 1 atom stereocenters. The van der Waals surface area contributed by atoms with Crippen LogP contribution < -0.4 is 0 Å². The number of allylic oxidation sites excluding steroid dienone is 5. The van der Waals surface area contributed by atoms with Gasteiger partial charge in [-0.3, -0.25) is 0 Å². The highest BCUT2D eigenvalue weighted by atomic mass is 14.5. The third-order valence-electron chi connectivity index (χ3n) is 5.58. The fraction of sp³-hybridized carbons (Fsp3) is 0.111. The van der Waals surface area contributed by atoms with Crippen molar-refractivity contribution in [3.63, 3.8) is 0 Å². The van der Waals surface area contributed by atoms with Gasteiger partial charge in [0, 0.05) is 0 Å². The van der Waals surface area contributed by atoms with Gasteiger partial charge in [-0.1, -0.05) is 109 Å². The van der Waals surface area contributed by atoms with Crippen molar-refractivity contribution >= 4 is 5.57 Å².